The number of rotatable bonds is 8. The molecule has 0 bridgehead atoms. The maximum absolute atomic E-state index is 5.43. The molecular weight excluding hydrogens is 252 g/mol. The predicted octanol–water partition coefficient (Wildman–Crippen LogP) is -2.07. The maximum Gasteiger partial charge on any atom is 0.211 e. The van der Waals surface area contributed by atoms with E-state index in [0.717, 1.165) is 0 Å². The van der Waals surface area contributed by atoms with E-state index in [1.807, 2.05) is 0 Å². The van der Waals surface area contributed by atoms with Crippen LogP contribution in [-0.4, -0.2) is 50.3 Å². The Kier molecular flexibility index (Phi) is 8.66. The average molecular weight is 272 g/mol. The van der Waals surface area contributed by atoms with Crippen LogP contribution in [-0.2, 0) is 9.47 Å². The predicted molar refractivity (Wildman–Crippen MR) is 74.8 cm³/mol. The van der Waals surface area contributed by atoms with E-state index >= 15 is 0 Å². The topological polar surface area (TPSA) is 172 Å². The fourth-order valence-electron chi connectivity index (χ4n) is 0.876. The van der Waals surface area contributed by atoms with Crippen molar-refractivity contribution in [2.24, 2.45) is 43.3 Å². The number of guanidine groups is 2. The molecule has 1 atom stereocenters. The highest BCUT2D eigenvalue weighted by molar-refractivity contribution is 6.32. The molecular formula is C9H20N8O2. The van der Waals surface area contributed by atoms with Crippen molar-refractivity contribution >= 4 is 23.8 Å². The highest BCUT2D eigenvalue weighted by Gasteiger charge is 2.09. The molecule has 0 aromatic carbocycles. The van der Waals surface area contributed by atoms with Crippen LogP contribution in [0.5, 0.6) is 0 Å². The standard InChI is InChI=1S/C9H20N8O2/c1-6(19-4-3-18-2)7(15-17-9(12)13)5-14-16-8(10)11/h5-6H,3-4H2,1-2H3,(H4,10,11,16)(H4,12,13,17)/b14-5+,15-7+. The van der Waals surface area contributed by atoms with Gasteiger partial charge in [-0.15, -0.1) is 15.3 Å². The number of hydrogen-bond donors (Lipinski definition) is 4. The van der Waals surface area contributed by atoms with Crippen molar-refractivity contribution in [3.8, 4) is 0 Å². The zero-order valence-electron chi connectivity index (χ0n) is 11.0. The molecule has 10 nitrogen and oxygen atoms in total. The molecule has 0 aliphatic rings. The highest BCUT2D eigenvalue weighted by atomic mass is 16.5. The summed E-state index contributed by atoms with van der Waals surface area (Å²) < 4.78 is 10.3. The molecule has 0 saturated heterocycles. The van der Waals surface area contributed by atoms with Crippen molar-refractivity contribution in [2.45, 2.75) is 13.0 Å². The Morgan fingerprint density at radius 1 is 1.05 bits per heavy atom. The molecule has 1 unspecified atom stereocenters. The van der Waals surface area contributed by atoms with Crippen LogP contribution in [0.3, 0.4) is 0 Å². The molecule has 0 aromatic heterocycles. The zero-order chi connectivity index (χ0) is 14.7. The molecule has 0 amide bonds. The number of hydrogen-bond acceptors (Lipinski definition) is 6. The van der Waals surface area contributed by atoms with Gasteiger partial charge in [0.1, 0.15) is 11.8 Å². The van der Waals surface area contributed by atoms with Crippen molar-refractivity contribution in [3.05, 3.63) is 0 Å². The molecule has 10 heteroatoms. The van der Waals surface area contributed by atoms with Crippen molar-refractivity contribution < 1.29 is 9.47 Å². The van der Waals surface area contributed by atoms with Gasteiger partial charge in [0.05, 0.1) is 19.4 Å². The summed E-state index contributed by atoms with van der Waals surface area (Å²) in [6, 6.07) is 0. The van der Waals surface area contributed by atoms with Crippen LogP contribution in [0.15, 0.2) is 20.4 Å². The molecule has 0 saturated carbocycles. The normalized spacial score (nSPS) is 13.3. The number of nitrogens with two attached hydrogens (primary N) is 4. The smallest absolute Gasteiger partial charge is 0.211 e. The first kappa shape index (κ1) is 16.8. The first-order valence-corrected chi connectivity index (χ1v) is 5.36. The molecule has 0 heterocycles. The molecule has 0 aliphatic heterocycles. The van der Waals surface area contributed by atoms with Crippen molar-refractivity contribution in [2.75, 3.05) is 20.3 Å². The Labute approximate surface area is 111 Å². The highest BCUT2D eigenvalue weighted by Crippen LogP contribution is 1.95. The second-order valence-electron chi connectivity index (χ2n) is 3.32. The van der Waals surface area contributed by atoms with Gasteiger partial charge in [0.25, 0.3) is 0 Å². The lowest BCUT2D eigenvalue weighted by molar-refractivity contribution is 0.0560. The third-order valence-corrected chi connectivity index (χ3v) is 1.72. The monoisotopic (exact) mass is 272 g/mol. The second kappa shape index (κ2) is 9.79. The quantitative estimate of drug-likeness (QED) is 0.171. The van der Waals surface area contributed by atoms with Gasteiger partial charge in [0.2, 0.25) is 11.9 Å². The summed E-state index contributed by atoms with van der Waals surface area (Å²) in [5.74, 6) is -0.359. The Hall–Kier alpha value is -2.20. The van der Waals surface area contributed by atoms with E-state index in [1.54, 1.807) is 14.0 Å². The summed E-state index contributed by atoms with van der Waals surface area (Å²) in [4.78, 5) is 0. The van der Waals surface area contributed by atoms with E-state index in [4.69, 9.17) is 32.4 Å². The van der Waals surface area contributed by atoms with Crippen LogP contribution in [0.2, 0.25) is 0 Å². The molecule has 0 rings (SSSR count). The van der Waals surface area contributed by atoms with Gasteiger partial charge < -0.3 is 32.4 Å². The van der Waals surface area contributed by atoms with Crippen LogP contribution in [0.25, 0.3) is 0 Å². The van der Waals surface area contributed by atoms with Crippen LogP contribution in [0.1, 0.15) is 6.92 Å². The SMILES string of the molecule is COCCOC(C)C(/C=N/N=C(N)N)=N/N=C(N)N. The lowest BCUT2D eigenvalue weighted by Crippen LogP contribution is -2.26. The second-order valence-corrected chi connectivity index (χ2v) is 3.32. The molecule has 0 aliphatic carbocycles. The minimum Gasteiger partial charge on any atom is -0.382 e. The largest absolute Gasteiger partial charge is 0.382 e. The summed E-state index contributed by atoms with van der Waals surface area (Å²) in [5, 5.41) is 14.4. The zero-order valence-corrected chi connectivity index (χ0v) is 11.0. The third-order valence-electron chi connectivity index (χ3n) is 1.72. The van der Waals surface area contributed by atoms with Crippen molar-refractivity contribution in [1.82, 2.24) is 0 Å². The number of methoxy groups -OCH3 is 1. The van der Waals surface area contributed by atoms with Gasteiger partial charge in [0, 0.05) is 7.11 Å². The first-order chi connectivity index (χ1) is 8.97. The Morgan fingerprint density at radius 3 is 2.21 bits per heavy atom. The molecule has 0 aromatic rings. The summed E-state index contributed by atoms with van der Waals surface area (Å²) in [5.41, 5.74) is 21.0. The summed E-state index contributed by atoms with van der Waals surface area (Å²) >= 11 is 0. The van der Waals surface area contributed by atoms with Crippen LogP contribution in [0.4, 0.5) is 0 Å². The van der Waals surface area contributed by atoms with E-state index in [-0.39, 0.29) is 11.9 Å². The Morgan fingerprint density at radius 2 is 1.68 bits per heavy atom. The van der Waals surface area contributed by atoms with Gasteiger partial charge in [-0.05, 0) is 6.92 Å². The van der Waals surface area contributed by atoms with Crippen molar-refractivity contribution in [3.63, 3.8) is 0 Å². The van der Waals surface area contributed by atoms with Crippen LogP contribution in [0, 0.1) is 0 Å². The van der Waals surface area contributed by atoms with Gasteiger partial charge in [-0.25, -0.2) is 0 Å². The van der Waals surface area contributed by atoms with E-state index in [0.29, 0.717) is 18.9 Å². The number of ether oxygens (including phenoxy) is 2. The van der Waals surface area contributed by atoms with Gasteiger partial charge in [-0.3, -0.25) is 0 Å². The molecule has 108 valence electrons. The number of nitrogens with zero attached hydrogens (tertiary/aromatic N) is 4. The summed E-state index contributed by atoms with van der Waals surface area (Å²) in [6.45, 7) is 2.58. The summed E-state index contributed by atoms with van der Waals surface area (Å²) in [7, 11) is 1.57. The Bertz CT molecular complexity index is 368. The fraction of sp³-hybridized carbons (Fsp3) is 0.556. The van der Waals surface area contributed by atoms with Crippen LogP contribution < -0.4 is 22.9 Å². The minimum atomic E-state index is -0.406. The van der Waals surface area contributed by atoms with Crippen LogP contribution >= 0.6 is 0 Å². The van der Waals surface area contributed by atoms with E-state index in [1.165, 1.54) is 6.21 Å². The van der Waals surface area contributed by atoms with E-state index in [2.05, 4.69) is 20.4 Å². The molecule has 8 N–H and O–H groups in total. The van der Waals surface area contributed by atoms with E-state index in [9.17, 15) is 0 Å². The lowest BCUT2D eigenvalue weighted by atomic mass is 10.2. The maximum atomic E-state index is 5.43. The third kappa shape index (κ3) is 9.50. The van der Waals surface area contributed by atoms with Gasteiger partial charge in [-0.1, -0.05) is 0 Å². The average Bonchev–Trinajstić information content (AvgIpc) is 2.32. The lowest BCUT2D eigenvalue weighted by Gasteiger charge is -2.11. The molecule has 0 radical (unpaired) electrons. The summed E-state index contributed by atoms with van der Waals surface area (Å²) in [6.07, 6.45) is 0.889. The van der Waals surface area contributed by atoms with Gasteiger partial charge in [-0.2, -0.15) is 5.10 Å². The van der Waals surface area contributed by atoms with Gasteiger partial charge in [0.15, 0.2) is 0 Å². The van der Waals surface area contributed by atoms with Crippen molar-refractivity contribution in [1.29, 1.82) is 0 Å². The van der Waals surface area contributed by atoms with E-state index < -0.39 is 6.10 Å². The molecule has 0 spiro atoms. The fourth-order valence-corrected chi connectivity index (χ4v) is 0.876. The molecule has 0 fully saturated rings. The first-order valence-electron chi connectivity index (χ1n) is 5.36. The Balaban J connectivity index is 4.76. The molecule has 19 heavy (non-hydrogen) atoms. The van der Waals surface area contributed by atoms with Gasteiger partial charge >= 0.3 is 0 Å². The minimum absolute atomic E-state index is 0.176.